The van der Waals surface area contributed by atoms with E-state index >= 15 is 0 Å². The van der Waals surface area contributed by atoms with E-state index in [0.29, 0.717) is 18.5 Å². The molecule has 1 aliphatic heterocycles. The van der Waals surface area contributed by atoms with Gasteiger partial charge in [-0.1, -0.05) is 24.3 Å². The second-order valence-electron chi connectivity index (χ2n) is 6.89. The fourth-order valence-electron chi connectivity index (χ4n) is 3.67. The summed E-state index contributed by atoms with van der Waals surface area (Å²) < 4.78 is 6.81. The van der Waals surface area contributed by atoms with Gasteiger partial charge in [0.15, 0.2) is 0 Å². The Kier molecular flexibility index (Phi) is 4.67. The van der Waals surface area contributed by atoms with Gasteiger partial charge in [-0.2, -0.15) is 0 Å². The first-order chi connectivity index (χ1) is 13.2. The van der Waals surface area contributed by atoms with Crippen LogP contribution in [0, 0.1) is 0 Å². The van der Waals surface area contributed by atoms with Gasteiger partial charge in [-0.15, -0.1) is 0 Å². The number of pyridine rings is 1. The topological polar surface area (TPSA) is 51.5 Å². The van der Waals surface area contributed by atoms with Gasteiger partial charge in [0, 0.05) is 24.7 Å². The van der Waals surface area contributed by atoms with Crippen LogP contribution in [0.4, 0.5) is 0 Å². The van der Waals surface area contributed by atoms with E-state index in [-0.39, 0.29) is 18.0 Å². The molecular weight excluding hydrogens is 340 g/mol. The molecule has 0 saturated heterocycles. The summed E-state index contributed by atoms with van der Waals surface area (Å²) in [4.78, 5) is 27.4. The molecule has 0 unspecified atom stereocenters. The fourth-order valence-corrected chi connectivity index (χ4v) is 3.67. The van der Waals surface area contributed by atoms with Crippen LogP contribution in [-0.2, 0) is 24.3 Å². The Hall–Kier alpha value is -3.08. The average Bonchev–Trinajstić information content (AvgIpc) is 2.92. The molecule has 0 spiro atoms. The van der Waals surface area contributed by atoms with E-state index in [4.69, 9.17) is 4.74 Å². The molecule has 0 saturated carbocycles. The highest BCUT2D eigenvalue weighted by Gasteiger charge is 2.20. The number of rotatable bonds is 3. The Morgan fingerprint density at radius 1 is 1.11 bits per heavy atom. The van der Waals surface area contributed by atoms with Gasteiger partial charge < -0.3 is 14.2 Å². The normalized spacial score (nSPS) is 13.9. The number of methoxy groups -OCH3 is 1. The SMILES string of the molecule is COc1ccc2c(c1)CCCN(C(=O)Cn1ccc3ccccc3c1=O)C2. The van der Waals surface area contributed by atoms with E-state index < -0.39 is 0 Å². The molecule has 4 rings (SSSR count). The number of nitrogens with zero attached hydrogens (tertiary/aromatic N) is 2. The Labute approximate surface area is 157 Å². The quantitative estimate of drug-likeness (QED) is 0.720. The zero-order valence-electron chi connectivity index (χ0n) is 15.4. The van der Waals surface area contributed by atoms with Crippen molar-refractivity contribution in [2.75, 3.05) is 13.7 Å². The Balaban J connectivity index is 1.56. The molecule has 0 bridgehead atoms. The summed E-state index contributed by atoms with van der Waals surface area (Å²) in [7, 11) is 1.66. The minimum absolute atomic E-state index is 0.0314. The lowest BCUT2D eigenvalue weighted by molar-refractivity contribution is -0.132. The summed E-state index contributed by atoms with van der Waals surface area (Å²) in [5, 5.41) is 1.53. The van der Waals surface area contributed by atoms with Gasteiger partial charge in [-0.05, 0) is 53.6 Å². The van der Waals surface area contributed by atoms with E-state index in [1.54, 1.807) is 19.4 Å². The smallest absolute Gasteiger partial charge is 0.258 e. The molecule has 0 radical (unpaired) electrons. The molecule has 5 heteroatoms. The van der Waals surface area contributed by atoms with Crippen molar-refractivity contribution in [1.29, 1.82) is 0 Å². The summed E-state index contributed by atoms with van der Waals surface area (Å²) in [6, 6.07) is 15.3. The van der Waals surface area contributed by atoms with Crippen LogP contribution in [-0.4, -0.2) is 29.0 Å². The van der Waals surface area contributed by atoms with Crippen molar-refractivity contribution in [2.45, 2.75) is 25.9 Å². The molecule has 1 amide bonds. The van der Waals surface area contributed by atoms with Gasteiger partial charge in [-0.25, -0.2) is 0 Å². The number of aryl methyl sites for hydroxylation is 1. The van der Waals surface area contributed by atoms with E-state index in [9.17, 15) is 9.59 Å². The number of fused-ring (bicyclic) bond motifs is 2. The molecule has 5 nitrogen and oxygen atoms in total. The van der Waals surface area contributed by atoms with Crippen LogP contribution < -0.4 is 10.3 Å². The molecule has 0 aliphatic carbocycles. The minimum Gasteiger partial charge on any atom is -0.497 e. The minimum atomic E-state index is -0.124. The average molecular weight is 362 g/mol. The van der Waals surface area contributed by atoms with E-state index in [0.717, 1.165) is 29.5 Å². The molecule has 0 atom stereocenters. The Morgan fingerprint density at radius 2 is 1.96 bits per heavy atom. The van der Waals surface area contributed by atoms with Crippen molar-refractivity contribution in [3.63, 3.8) is 0 Å². The van der Waals surface area contributed by atoms with Crippen LogP contribution in [0.3, 0.4) is 0 Å². The summed E-state index contributed by atoms with van der Waals surface area (Å²) in [6.45, 7) is 1.33. The molecule has 1 aromatic heterocycles. The molecule has 0 fully saturated rings. The molecule has 2 aromatic carbocycles. The molecule has 0 N–H and O–H groups in total. The van der Waals surface area contributed by atoms with Crippen LogP contribution in [0.1, 0.15) is 17.5 Å². The van der Waals surface area contributed by atoms with Crippen molar-refractivity contribution in [1.82, 2.24) is 9.47 Å². The van der Waals surface area contributed by atoms with Gasteiger partial charge in [0.1, 0.15) is 12.3 Å². The number of amides is 1. The number of carbonyl (C=O) groups is 1. The van der Waals surface area contributed by atoms with Gasteiger partial charge >= 0.3 is 0 Å². The van der Waals surface area contributed by atoms with Gasteiger partial charge in [0.05, 0.1) is 7.11 Å². The number of ether oxygens (including phenoxy) is 1. The van der Waals surface area contributed by atoms with Crippen LogP contribution in [0.2, 0.25) is 0 Å². The predicted octanol–water partition coefficient (Wildman–Crippen LogP) is 2.99. The standard InChI is InChI=1S/C22H22N2O3/c1-27-19-9-8-18-14-23(11-4-6-17(18)13-19)21(25)15-24-12-10-16-5-2-3-7-20(16)22(24)26/h2-3,5,7-10,12-13H,4,6,11,14-15H2,1H3. The van der Waals surface area contributed by atoms with Crippen LogP contribution in [0.25, 0.3) is 10.8 Å². The zero-order valence-corrected chi connectivity index (χ0v) is 15.4. The van der Waals surface area contributed by atoms with Crippen molar-refractivity contribution in [2.24, 2.45) is 0 Å². The molecular formula is C22H22N2O3. The predicted molar refractivity (Wildman–Crippen MR) is 105 cm³/mol. The van der Waals surface area contributed by atoms with Gasteiger partial charge in [0.25, 0.3) is 5.56 Å². The van der Waals surface area contributed by atoms with Crippen molar-refractivity contribution in [3.8, 4) is 5.75 Å². The lowest BCUT2D eigenvalue weighted by atomic mass is 10.0. The van der Waals surface area contributed by atoms with Crippen LogP contribution in [0.5, 0.6) is 5.75 Å². The lowest BCUT2D eigenvalue weighted by Gasteiger charge is -2.21. The monoisotopic (exact) mass is 362 g/mol. The van der Waals surface area contributed by atoms with Gasteiger partial charge in [-0.3, -0.25) is 9.59 Å². The molecule has 27 heavy (non-hydrogen) atoms. The Bertz CT molecular complexity index is 1050. The second kappa shape index (κ2) is 7.27. The maximum absolute atomic E-state index is 12.9. The van der Waals surface area contributed by atoms with Crippen LogP contribution in [0.15, 0.2) is 59.5 Å². The second-order valence-corrected chi connectivity index (χ2v) is 6.89. The first-order valence-electron chi connectivity index (χ1n) is 9.17. The molecule has 2 heterocycles. The largest absolute Gasteiger partial charge is 0.497 e. The van der Waals surface area contributed by atoms with E-state index in [1.807, 2.05) is 41.3 Å². The number of hydrogen-bond acceptors (Lipinski definition) is 3. The summed E-state index contributed by atoms with van der Waals surface area (Å²) >= 11 is 0. The number of carbonyl (C=O) groups excluding carboxylic acids is 1. The summed E-state index contributed by atoms with van der Waals surface area (Å²) in [6.07, 6.45) is 3.53. The van der Waals surface area contributed by atoms with E-state index in [2.05, 4.69) is 6.07 Å². The first kappa shape index (κ1) is 17.3. The van der Waals surface area contributed by atoms with Crippen LogP contribution >= 0.6 is 0 Å². The third kappa shape index (κ3) is 3.45. The molecule has 1 aliphatic rings. The molecule has 3 aromatic rings. The third-order valence-electron chi connectivity index (χ3n) is 5.19. The summed E-state index contributed by atoms with van der Waals surface area (Å²) in [5.41, 5.74) is 2.25. The lowest BCUT2D eigenvalue weighted by Crippen LogP contribution is -2.36. The highest BCUT2D eigenvalue weighted by atomic mass is 16.5. The number of hydrogen-bond donors (Lipinski definition) is 0. The highest BCUT2D eigenvalue weighted by molar-refractivity contribution is 5.82. The highest BCUT2D eigenvalue weighted by Crippen LogP contribution is 2.23. The van der Waals surface area contributed by atoms with Crippen molar-refractivity contribution < 1.29 is 9.53 Å². The first-order valence-corrected chi connectivity index (χ1v) is 9.17. The van der Waals surface area contributed by atoms with Gasteiger partial charge in [0.2, 0.25) is 5.91 Å². The zero-order chi connectivity index (χ0) is 18.8. The fraction of sp³-hybridized carbons (Fsp3) is 0.273. The Morgan fingerprint density at radius 3 is 2.81 bits per heavy atom. The maximum Gasteiger partial charge on any atom is 0.258 e. The molecule has 138 valence electrons. The van der Waals surface area contributed by atoms with E-state index in [1.165, 1.54) is 10.1 Å². The number of benzene rings is 2. The van der Waals surface area contributed by atoms with Crippen molar-refractivity contribution >= 4 is 16.7 Å². The third-order valence-corrected chi connectivity index (χ3v) is 5.19. The maximum atomic E-state index is 12.9. The number of aromatic nitrogens is 1. The van der Waals surface area contributed by atoms with Crippen molar-refractivity contribution in [3.05, 3.63) is 76.2 Å². The summed E-state index contributed by atoms with van der Waals surface area (Å²) in [5.74, 6) is 0.812.